The van der Waals surface area contributed by atoms with Crippen LogP contribution in [0.3, 0.4) is 0 Å². The van der Waals surface area contributed by atoms with Crippen LogP contribution in [0.4, 0.5) is 0 Å². The Hall–Kier alpha value is -1.64. The Labute approximate surface area is 85.2 Å². The number of para-hydroxylation sites is 1. The molecule has 3 N–H and O–H groups in total. The molecule has 0 fully saturated rings. The van der Waals surface area contributed by atoms with Crippen LogP contribution in [0.5, 0.6) is 5.75 Å². The quantitative estimate of drug-likeness (QED) is 0.384. The third-order valence-electron chi connectivity index (χ3n) is 1.43. The van der Waals surface area contributed by atoms with Crippen LogP contribution >= 0.6 is 0 Å². The van der Waals surface area contributed by atoms with Gasteiger partial charge < -0.3 is 4.18 Å². The number of carbonyl (C=O) groups is 1. The highest BCUT2D eigenvalue weighted by molar-refractivity contribution is 7.81. The van der Waals surface area contributed by atoms with E-state index in [1.165, 1.54) is 23.7 Å². The summed E-state index contributed by atoms with van der Waals surface area (Å²) in [6.45, 7) is 0. The van der Waals surface area contributed by atoms with Gasteiger partial charge >= 0.3 is 10.4 Å². The van der Waals surface area contributed by atoms with Gasteiger partial charge in [0.2, 0.25) is 0 Å². The molecule has 0 aliphatic heterocycles. The minimum atomic E-state index is -4.70. The van der Waals surface area contributed by atoms with E-state index in [2.05, 4.69) is 4.18 Å². The first kappa shape index (κ1) is 11.4. The molecule has 15 heavy (non-hydrogen) atoms. The van der Waals surface area contributed by atoms with Crippen molar-refractivity contribution in [2.45, 2.75) is 0 Å². The molecule has 0 bridgehead atoms. The van der Waals surface area contributed by atoms with Crippen molar-refractivity contribution in [2.24, 2.45) is 0 Å². The molecular formula is C7H7NO6S. The van der Waals surface area contributed by atoms with Crippen molar-refractivity contribution in [2.75, 3.05) is 0 Å². The van der Waals surface area contributed by atoms with Crippen molar-refractivity contribution >= 4 is 16.3 Å². The molecule has 0 aliphatic rings. The summed E-state index contributed by atoms with van der Waals surface area (Å²) in [6, 6.07) is 5.19. The molecule has 0 saturated carbocycles. The molecular weight excluding hydrogens is 226 g/mol. The Bertz CT molecular complexity index is 468. The average molecular weight is 233 g/mol. The van der Waals surface area contributed by atoms with Crippen LogP contribution in [0, 0.1) is 0 Å². The predicted molar refractivity (Wildman–Crippen MR) is 47.9 cm³/mol. The Balaban J connectivity index is 3.13. The van der Waals surface area contributed by atoms with Crippen LogP contribution in [0.15, 0.2) is 24.3 Å². The summed E-state index contributed by atoms with van der Waals surface area (Å²) in [5, 5.41) is 8.34. The summed E-state index contributed by atoms with van der Waals surface area (Å²) in [4.78, 5) is 11.0. The second-order valence-electron chi connectivity index (χ2n) is 2.45. The van der Waals surface area contributed by atoms with Gasteiger partial charge in [-0.1, -0.05) is 12.1 Å². The lowest BCUT2D eigenvalue weighted by molar-refractivity contribution is 0.0704. The maximum absolute atomic E-state index is 11.0. The van der Waals surface area contributed by atoms with Gasteiger partial charge in [-0.2, -0.15) is 8.42 Å². The molecule has 0 aliphatic carbocycles. The Morgan fingerprint density at radius 1 is 1.33 bits per heavy atom. The Kier molecular flexibility index (Phi) is 3.24. The van der Waals surface area contributed by atoms with E-state index >= 15 is 0 Å². The molecule has 0 atom stereocenters. The molecule has 0 radical (unpaired) electrons. The SMILES string of the molecule is O=C(NO)c1ccccc1OS(=O)(=O)O. The topological polar surface area (TPSA) is 113 Å². The van der Waals surface area contributed by atoms with Gasteiger partial charge in [0.05, 0.1) is 5.56 Å². The summed E-state index contributed by atoms with van der Waals surface area (Å²) in [5.74, 6) is -1.33. The van der Waals surface area contributed by atoms with E-state index in [1.54, 1.807) is 0 Å². The maximum Gasteiger partial charge on any atom is 0.446 e. The number of amides is 1. The fraction of sp³-hybridized carbons (Fsp3) is 0. The number of rotatable bonds is 3. The number of hydroxylamine groups is 1. The lowest BCUT2D eigenvalue weighted by Gasteiger charge is -2.05. The highest BCUT2D eigenvalue weighted by Crippen LogP contribution is 2.18. The summed E-state index contributed by atoms with van der Waals surface area (Å²) in [5.41, 5.74) is 1.09. The first-order valence-corrected chi connectivity index (χ1v) is 5.01. The zero-order valence-electron chi connectivity index (χ0n) is 7.25. The van der Waals surface area contributed by atoms with Gasteiger partial charge in [-0.15, -0.1) is 0 Å². The smallest absolute Gasteiger partial charge is 0.361 e. The molecule has 7 nitrogen and oxygen atoms in total. The largest absolute Gasteiger partial charge is 0.446 e. The molecule has 0 aromatic heterocycles. The molecule has 1 rings (SSSR count). The minimum absolute atomic E-state index is 0.224. The third-order valence-corrected chi connectivity index (χ3v) is 1.82. The summed E-state index contributed by atoms with van der Waals surface area (Å²) < 4.78 is 33.3. The van der Waals surface area contributed by atoms with Crippen molar-refractivity contribution in [1.82, 2.24) is 5.48 Å². The van der Waals surface area contributed by atoms with Crippen molar-refractivity contribution in [3.63, 3.8) is 0 Å². The van der Waals surface area contributed by atoms with Gasteiger partial charge in [-0.05, 0) is 12.1 Å². The molecule has 0 saturated heterocycles. The second-order valence-corrected chi connectivity index (χ2v) is 3.47. The van der Waals surface area contributed by atoms with E-state index in [9.17, 15) is 13.2 Å². The van der Waals surface area contributed by atoms with Crippen LogP contribution in [-0.4, -0.2) is 24.1 Å². The molecule has 0 unspecified atom stereocenters. The van der Waals surface area contributed by atoms with E-state index in [1.807, 2.05) is 0 Å². The molecule has 8 heteroatoms. The second kappa shape index (κ2) is 4.26. The zero-order chi connectivity index (χ0) is 11.5. The maximum atomic E-state index is 11.0. The zero-order valence-corrected chi connectivity index (χ0v) is 8.06. The van der Waals surface area contributed by atoms with Gasteiger partial charge in [0.15, 0.2) is 5.75 Å². The van der Waals surface area contributed by atoms with E-state index in [4.69, 9.17) is 9.76 Å². The predicted octanol–water partition coefficient (Wildman–Crippen LogP) is -0.0128. The van der Waals surface area contributed by atoms with Crippen molar-refractivity contribution in [1.29, 1.82) is 0 Å². The fourth-order valence-corrected chi connectivity index (χ4v) is 1.27. The third kappa shape index (κ3) is 3.20. The van der Waals surface area contributed by atoms with Crippen LogP contribution < -0.4 is 9.66 Å². The molecule has 1 aromatic rings. The van der Waals surface area contributed by atoms with Crippen molar-refractivity contribution in [3.05, 3.63) is 29.8 Å². The number of benzene rings is 1. The summed E-state index contributed by atoms with van der Waals surface area (Å²) in [7, 11) is -4.70. The Morgan fingerprint density at radius 3 is 2.47 bits per heavy atom. The van der Waals surface area contributed by atoms with E-state index in [0.717, 1.165) is 6.07 Å². The lowest BCUT2D eigenvalue weighted by Crippen LogP contribution is -2.20. The number of hydrogen-bond donors (Lipinski definition) is 3. The summed E-state index contributed by atoms with van der Waals surface area (Å²) >= 11 is 0. The van der Waals surface area contributed by atoms with E-state index in [0.29, 0.717) is 0 Å². The first-order chi connectivity index (χ1) is 6.94. The van der Waals surface area contributed by atoms with Gasteiger partial charge in [-0.3, -0.25) is 14.6 Å². The average Bonchev–Trinajstić information content (AvgIpc) is 2.15. The highest BCUT2D eigenvalue weighted by atomic mass is 32.3. The molecule has 1 amide bonds. The van der Waals surface area contributed by atoms with Gasteiger partial charge in [-0.25, -0.2) is 5.48 Å². The molecule has 1 aromatic carbocycles. The Morgan fingerprint density at radius 2 is 1.93 bits per heavy atom. The molecule has 82 valence electrons. The highest BCUT2D eigenvalue weighted by Gasteiger charge is 2.15. The van der Waals surface area contributed by atoms with E-state index in [-0.39, 0.29) is 11.3 Å². The standard InChI is InChI=1S/C7H7NO6S/c9-7(8-10)5-3-1-2-4-6(5)14-15(11,12)13/h1-4,10H,(H,8,9)(H,11,12,13). The van der Waals surface area contributed by atoms with Crippen LogP contribution in [0.25, 0.3) is 0 Å². The first-order valence-electron chi connectivity index (χ1n) is 3.64. The lowest BCUT2D eigenvalue weighted by atomic mass is 10.2. The van der Waals surface area contributed by atoms with Crippen LogP contribution in [0.1, 0.15) is 10.4 Å². The molecule has 0 spiro atoms. The van der Waals surface area contributed by atoms with E-state index < -0.39 is 16.3 Å². The monoisotopic (exact) mass is 233 g/mol. The number of carbonyl (C=O) groups excluding carboxylic acids is 1. The number of nitrogens with one attached hydrogen (secondary N) is 1. The van der Waals surface area contributed by atoms with Gasteiger partial charge in [0, 0.05) is 0 Å². The number of hydrogen-bond acceptors (Lipinski definition) is 5. The van der Waals surface area contributed by atoms with Gasteiger partial charge in [0.1, 0.15) is 0 Å². The fourth-order valence-electron chi connectivity index (χ4n) is 0.901. The molecule has 0 heterocycles. The van der Waals surface area contributed by atoms with Crippen molar-refractivity contribution in [3.8, 4) is 5.75 Å². The van der Waals surface area contributed by atoms with Gasteiger partial charge in [0.25, 0.3) is 5.91 Å². The van der Waals surface area contributed by atoms with Crippen LogP contribution in [-0.2, 0) is 10.4 Å². The summed E-state index contributed by atoms with van der Waals surface area (Å²) in [6.07, 6.45) is 0. The minimum Gasteiger partial charge on any atom is -0.361 e. The van der Waals surface area contributed by atoms with Crippen molar-refractivity contribution < 1.29 is 27.2 Å². The normalized spacial score (nSPS) is 10.8. The van der Waals surface area contributed by atoms with Crippen LogP contribution in [0.2, 0.25) is 0 Å².